The lowest BCUT2D eigenvalue weighted by Crippen LogP contribution is -2.22. The molecule has 0 heterocycles. The Morgan fingerprint density at radius 2 is 1.69 bits per heavy atom. The average Bonchev–Trinajstić information content (AvgIpc) is 2.17. The number of aliphatic imine (C=N–C) groups is 1. The Morgan fingerprint density at radius 1 is 1.19 bits per heavy atom. The van der Waals surface area contributed by atoms with E-state index >= 15 is 0 Å². The van der Waals surface area contributed by atoms with Gasteiger partial charge in [-0.25, -0.2) is 4.99 Å². The first-order valence-electron chi connectivity index (χ1n) is 4.06. The zero-order valence-electron chi connectivity index (χ0n) is 7.85. The minimum Gasteiger partial charge on any atom is -0.383 e. The van der Waals surface area contributed by atoms with E-state index in [9.17, 15) is 0 Å². The predicted octanol–water partition coefficient (Wildman–Crippen LogP) is 3.39. The number of hydrogen-bond acceptors (Lipinski definition) is 1. The summed E-state index contributed by atoms with van der Waals surface area (Å²) in [5.41, 5.74) is 6.23. The van der Waals surface area contributed by atoms with E-state index in [0.29, 0.717) is 10.6 Å². The molecule has 1 aromatic carbocycles. The molecule has 0 aliphatic carbocycles. The first-order chi connectivity index (χ1) is 7.30. The van der Waals surface area contributed by atoms with E-state index < -0.39 is 9.63 Å². The van der Waals surface area contributed by atoms with Gasteiger partial charge in [-0.15, -0.1) is 0 Å². The zero-order chi connectivity index (χ0) is 12.3. The van der Waals surface area contributed by atoms with Crippen LogP contribution >= 0.6 is 46.4 Å². The molecule has 3 N–H and O–H groups in total. The number of alkyl halides is 3. The van der Waals surface area contributed by atoms with Crippen molar-refractivity contribution in [1.29, 1.82) is 5.41 Å². The van der Waals surface area contributed by atoms with Gasteiger partial charge in [0.2, 0.25) is 3.79 Å². The van der Waals surface area contributed by atoms with E-state index in [0.717, 1.165) is 0 Å². The molecule has 0 bridgehead atoms. The molecule has 0 aliphatic heterocycles. The van der Waals surface area contributed by atoms with Crippen molar-refractivity contribution in [1.82, 2.24) is 0 Å². The Balaban J connectivity index is 2.94. The number of rotatable bonds is 1. The highest BCUT2D eigenvalue weighted by Gasteiger charge is 2.26. The zero-order valence-corrected chi connectivity index (χ0v) is 10.9. The van der Waals surface area contributed by atoms with Gasteiger partial charge in [-0.05, 0) is 24.3 Å². The summed E-state index contributed by atoms with van der Waals surface area (Å²) in [5.74, 6) is -0.349. The normalized spacial score (nSPS) is 12.6. The molecule has 86 valence electrons. The SMILES string of the molecule is N=C(N=C(N)c1ccc(Cl)cc1)C(Cl)(Cl)Cl. The Kier molecular flexibility index (Phi) is 4.44. The van der Waals surface area contributed by atoms with Crippen molar-refractivity contribution in [2.75, 3.05) is 0 Å². The van der Waals surface area contributed by atoms with Crippen molar-refractivity contribution in [3.8, 4) is 0 Å². The molecular formula is C9H7Cl4N3. The fraction of sp³-hybridized carbons (Fsp3) is 0.111. The molecule has 1 rings (SSSR count). The lowest BCUT2D eigenvalue weighted by Gasteiger charge is -2.08. The minimum atomic E-state index is -1.88. The van der Waals surface area contributed by atoms with Crippen LogP contribution in [-0.2, 0) is 0 Å². The average molecular weight is 299 g/mol. The number of nitrogens with two attached hydrogens (primary N) is 1. The second-order valence-electron chi connectivity index (χ2n) is 2.85. The van der Waals surface area contributed by atoms with Crippen LogP contribution in [0.5, 0.6) is 0 Å². The molecule has 0 atom stereocenters. The van der Waals surface area contributed by atoms with Gasteiger partial charge in [0.1, 0.15) is 5.84 Å². The van der Waals surface area contributed by atoms with Crippen LogP contribution in [-0.4, -0.2) is 15.5 Å². The third-order valence-corrected chi connectivity index (χ3v) is 2.43. The lowest BCUT2D eigenvalue weighted by atomic mass is 10.2. The predicted molar refractivity (Wildman–Crippen MR) is 70.2 cm³/mol. The lowest BCUT2D eigenvalue weighted by molar-refractivity contribution is 1.32. The molecule has 3 nitrogen and oxygen atoms in total. The summed E-state index contributed by atoms with van der Waals surface area (Å²) in [7, 11) is 0. The fourth-order valence-corrected chi connectivity index (χ4v) is 1.12. The summed E-state index contributed by atoms with van der Waals surface area (Å²) < 4.78 is -1.88. The maximum Gasteiger partial charge on any atom is 0.249 e. The Hall–Kier alpha value is -0.480. The van der Waals surface area contributed by atoms with Gasteiger partial charge in [0.25, 0.3) is 0 Å². The summed E-state index contributed by atoms with van der Waals surface area (Å²) in [6, 6.07) is 6.62. The monoisotopic (exact) mass is 297 g/mol. The van der Waals surface area contributed by atoms with Crippen molar-refractivity contribution >= 4 is 58.1 Å². The van der Waals surface area contributed by atoms with Gasteiger partial charge in [0.05, 0.1) is 0 Å². The van der Waals surface area contributed by atoms with Gasteiger partial charge in [-0.1, -0.05) is 46.4 Å². The standard InChI is InChI=1S/C9H7Cl4N3/c10-6-3-1-5(2-4-6)7(14)16-8(15)9(11,12)13/h1-4H,(H3,14,15,16). The summed E-state index contributed by atoms with van der Waals surface area (Å²) in [6.07, 6.45) is 0. The van der Waals surface area contributed by atoms with E-state index in [1.165, 1.54) is 0 Å². The van der Waals surface area contributed by atoms with Crippen LogP contribution in [0, 0.1) is 5.41 Å². The maximum atomic E-state index is 7.37. The highest BCUT2D eigenvalue weighted by atomic mass is 35.6. The molecule has 0 unspecified atom stereocenters. The van der Waals surface area contributed by atoms with Crippen LogP contribution in [0.3, 0.4) is 0 Å². The molecular weight excluding hydrogens is 292 g/mol. The van der Waals surface area contributed by atoms with Crippen LogP contribution in [0.4, 0.5) is 0 Å². The van der Waals surface area contributed by atoms with Gasteiger partial charge in [-0.2, -0.15) is 0 Å². The number of amidine groups is 2. The number of nitrogens with zero attached hydrogens (tertiary/aromatic N) is 1. The molecule has 7 heteroatoms. The summed E-state index contributed by atoms with van der Waals surface area (Å²) >= 11 is 22.1. The Labute approximate surface area is 113 Å². The van der Waals surface area contributed by atoms with E-state index in [-0.39, 0.29) is 5.84 Å². The third-order valence-electron chi connectivity index (χ3n) is 1.64. The minimum absolute atomic E-state index is 0.0907. The van der Waals surface area contributed by atoms with Crippen LogP contribution in [0.15, 0.2) is 29.3 Å². The Morgan fingerprint density at radius 3 is 2.12 bits per heavy atom. The fourth-order valence-electron chi connectivity index (χ4n) is 0.869. The number of nitrogens with one attached hydrogen (secondary N) is 1. The molecule has 0 aliphatic rings. The Bertz CT molecular complexity index is 419. The third kappa shape index (κ3) is 3.83. The molecule has 0 saturated heterocycles. The van der Waals surface area contributed by atoms with Gasteiger partial charge < -0.3 is 5.73 Å². The molecule has 0 radical (unpaired) electrons. The molecule has 1 aromatic rings. The molecule has 0 spiro atoms. The van der Waals surface area contributed by atoms with Crippen molar-refractivity contribution in [3.05, 3.63) is 34.9 Å². The van der Waals surface area contributed by atoms with E-state index in [1.807, 2.05) is 0 Å². The quantitative estimate of drug-likeness (QED) is 0.466. The van der Waals surface area contributed by atoms with Crippen molar-refractivity contribution in [2.24, 2.45) is 10.7 Å². The van der Waals surface area contributed by atoms with Crippen LogP contribution in [0.2, 0.25) is 5.02 Å². The first-order valence-corrected chi connectivity index (χ1v) is 5.58. The first kappa shape index (κ1) is 13.6. The summed E-state index contributed by atoms with van der Waals surface area (Å²) in [6.45, 7) is 0. The molecule has 0 fully saturated rings. The number of hydrogen-bond donors (Lipinski definition) is 2. The van der Waals surface area contributed by atoms with Crippen molar-refractivity contribution in [3.63, 3.8) is 0 Å². The van der Waals surface area contributed by atoms with E-state index in [1.54, 1.807) is 24.3 Å². The molecule has 0 aromatic heterocycles. The topological polar surface area (TPSA) is 62.2 Å². The smallest absolute Gasteiger partial charge is 0.249 e. The van der Waals surface area contributed by atoms with Crippen LogP contribution < -0.4 is 5.73 Å². The second kappa shape index (κ2) is 5.23. The molecule has 0 amide bonds. The highest BCUT2D eigenvalue weighted by Crippen LogP contribution is 2.27. The van der Waals surface area contributed by atoms with Crippen LogP contribution in [0.25, 0.3) is 0 Å². The largest absolute Gasteiger partial charge is 0.383 e. The van der Waals surface area contributed by atoms with Gasteiger partial charge in [0.15, 0.2) is 5.84 Å². The van der Waals surface area contributed by atoms with Gasteiger partial charge in [0, 0.05) is 10.6 Å². The highest BCUT2D eigenvalue weighted by molar-refractivity contribution is 6.76. The van der Waals surface area contributed by atoms with Crippen LogP contribution in [0.1, 0.15) is 5.56 Å². The van der Waals surface area contributed by atoms with Gasteiger partial charge in [-0.3, -0.25) is 5.41 Å². The van der Waals surface area contributed by atoms with Crippen molar-refractivity contribution in [2.45, 2.75) is 3.79 Å². The van der Waals surface area contributed by atoms with E-state index in [2.05, 4.69) is 4.99 Å². The van der Waals surface area contributed by atoms with E-state index in [4.69, 9.17) is 57.5 Å². The molecule has 0 saturated carbocycles. The van der Waals surface area contributed by atoms with Crippen molar-refractivity contribution < 1.29 is 0 Å². The summed E-state index contributed by atoms with van der Waals surface area (Å²) in [4.78, 5) is 3.69. The second-order valence-corrected chi connectivity index (χ2v) is 5.57. The van der Waals surface area contributed by atoms with Gasteiger partial charge >= 0.3 is 0 Å². The number of benzene rings is 1. The molecule has 16 heavy (non-hydrogen) atoms. The summed E-state index contributed by atoms with van der Waals surface area (Å²) in [5, 5.41) is 7.95. The number of halogens is 4. The maximum absolute atomic E-state index is 7.37.